The smallest absolute Gasteiger partial charge is 0.410 e. The summed E-state index contributed by atoms with van der Waals surface area (Å²) in [5, 5.41) is 2.44. The van der Waals surface area contributed by atoms with Gasteiger partial charge in [0, 0.05) is 18.9 Å². The van der Waals surface area contributed by atoms with Gasteiger partial charge in [0.1, 0.15) is 0 Å². The fraction of sp³-hybridized carbons (Fsp3) is 0.500. The van der Waals surface area contributed by atoms with Crippen LogP contribution >= 0.6 is 7.37 Å². The third kappa shape index (κ3) is 8.70. The molecule has 0 radical (unpaired) electrons. The minimum atomic E-state index is -3.10. The van der Waals surface area contributed by atoms with Crippen LogP contribution in [0.15, 0.2) is 30.3 Å². The van der Waals surface area contributed by atoms with Crippen molar-refractivity contribution in [2.24, 2.45) is 0 Å². The Balaban J connectivity index is 2.12. The van der Waals surface area contributed by atoms with Crippen LogP contribution in [0, 0.1) is 0 Å². The molecule has 1 unspecified atom stereocenters. The van der Waals surface area contributed by atoms with Crippen molar-refractivity contribution in [3.63, 3.8) is 0 Å². The van der Waals surface area contributed by atoms with E-state index in [1.54, 1.807) is 30.3 Å². The fourth-order valence-corrected chi connectivity index (χ4v) is 3.56. The summed E-state index contributed by atoms with van der Waals surface area (Å²) in [6.07, 6.45) is 1.71. The van der Waals surface area contributed by atoms with Gasteiger partial charge in [-0.05, 0) is 25.0 Å². The van der Waals surface area contributed by atoms with Crippen LogP contribution < -0.4 is 5.32 Å². The normalized spacial score (nSPS) is 12.9. The summed E-state index contributed by atoms with van der Waals surface area (Å²) in [4.78, 5) is 32.7. The molecule has 0 aliphatic rings. The number of amides is 1. The SMILES string of the molecule is CCCCP(=O)(O)CCCNC(=O)OCOC(=O)c1ccccc1. The Morgan fingerprint density at radius 1 is 1.12 bits per heavy atom. The number of alkyl carbamates (subject to hydrolysis) is 1. The summed E-state index contributed by atoms with van der Waals surface area (Å²) in [5.41, 5.74) is 0.368. The van der Waals surface area contributed by atoms with E-state index in [1.165, 1.54) is 0 Å². The summed E-state index contributed by atoms with van der Waals surface area (Å²) >= 11 is 0. The van der Waals surface area contributed by atoms with E-state index < -0.39 is 26.2 Å². The van der Waals surface area contributed by atoms with Gasteiger partial charge in [0.2, 0.25) is 14.2 Å². The Morgan fingerprint density at radius 2 is 1.79 bits per heavy atom. The number of hydrogen-bond donors (Lipinski definition) is 2. The number of ether oxygens (including phenoxy) is 2. The van der Waals surface area contributed by atoms with Crippen molar-refractivity contribution >= 4 is 19.4 Å². The zero-order chi connectivity index (χ0) is 17.8. The van der Waals surface area contributed by atoms with Crippen LogP contribution in [0.3, 0.4) is 0 Å². The summed E-state index contributed by atoms with van der Waals surface area (Å²) < 4.78 is 21.3. The highest BCUT2D eigenvalue weighted by Gasteiger charge is 2.16. The molecule has 0 aliphatic heterocycles. The van der Waals surface area contributed by atoms with Crippen LogP contribution in [0.5, 0.6) is 0 Å². The van der Waals surface area contributed by atoms with E-state index in [0.717, 1.165) is 12.8 Å². The highest BCUT2D eigenvalue weighted by molar-refractivity contribution is 7.57. The molecule has 0 spiro atoms. The van der Waals surface area contributed by atoms with Crippen molar-refractivity contribution in [2.75, 3.05) is 25.7 Å². The summed E-state index contributed by atoms with van der Waals surface area (Å²) in [6.45, 7) is 1.69. The van der Waals surface area contributed by atoms with Gasteiger partial charge in [-0.1, -0.05) is 31.5 Å². The molecule has 1 rings (SSSR count). The number of carbonyl (C=O) groups is 2. The number of carbonyl (C=O) groups excluding carboxylic acids is 2. The number of nitrogens with one attached hydrogen (secondary N) is 1. The van der Waals surface area contributed by atoms with Gasteiger partial charge in [-0.2, -0.15) is 0 Å². The first kappa shape index (κ1) is 20.2. The molecule has 0 saturated heterocycles. The minimum Gasteiger partial charge on any atom is -0.424 e. The molecule has 0 bridgehead atoms. The first-order valence-corrected chi connectivity index (χ1v) is 9.91. The maximum absolute atomic E-state index is 11.8. The van der Waals surface area contributed by atoms with Crippen LogP contribution in [0.1, 0.15) is 36.5 Å². The molecule has 7 nitrogen and oxygen atoms in total. The lowest BCUT2D eigenvalue weighted by Crippen LogP contribution is -2.27. The molecule has 0 heterocycles. The van der Waals surface area contributed by atoms with Gasteiger partial charge in [-0.15, -0.1) is 0 Å². The number of unbranched alkanes of at least 4 members (excludes halogenated alkanes) is 1. The topological polar surface area (TPSA) is 102 Å². The van der Waals surface area contributed by atoms with E-state index in [2.05, 4.69) is 5.32 Å². The molecule has 1 amide bonds. The predicted octanol–water partition coefficient (Wildman–Crippen LogP) is 2.99. The van der Waals surface area contributed by atoms with Crippen LogP contribution in [0.25, 0.3) is 0 Å². The minimum absolute atomic E-state index is 0.163. The van der Waals surface area contributed by atoms with Gasteiger partial charge in [0.15, 0.2) is 0 Å². The largest absolute Gasteiger partial charge is 0.424 e. The molecule has 0 aliphatic carbocycles. The quantitative estimate of drug-likeness (QED) is 0.289. The molecule has 0 fully saturated rings. The first-order valence-electron chi connectivity index (χ1n) is 7.88. The summed E-state index contributed by atoms with van der Waals surface area (Å²) in [6, 6.07) is 8.35. The Kier molecular flexibility index (Phi) is 9.12. The lowest BCUT2D eigenvalue weighted by Gasteiger charge is -2.11. The Labute approximate surface area is 141 Å². The maximum atomic E-state index is 11.8. The van der Waals surface area contributed by atoms with Gasteiger partial charge >= 0.3 is 12.1 Å². The molecule has 1 aromatic rings. The van der Waals surface area contributed by atoms with Crippen LogP contribution in [-0.4, -0.2) is 42.6 Å². The molecule has 134 valence electrons. The van der Waals surface area contributed by atoms with E-state index in [0.29, 0.717) is 18.1 Å². The molecule has 0 aromatic heterocycles. The lowest BCUT2D eigenvalue weighted by molar-refractivity contribution is -0.00224. The molecular formula is C16H24NO6P. The van der Waals surface area contributed by atoms with Gasteiger partial charge < -0.3 is 19.7 Å². The molecular weight excluding hydrogens is 333 g/mol. The highest BCUT2D eigenvalue weighted by Crippen LogP contribution is 2.41. The second-order valence-electron chi connectivity index (χ2n) is 5.27. The van der Waals surface area contributed by atoms with E-state index in [4.69, 9.17) is 9.47 Å². The summed E-state index contributed by atoms with van der Waals surface area (Å²) in [7, 11) is -3.10. The van der Waals surface area contributed by atoms with Gasteiger partial charge in [0.05, 0.1) is 5.56 Å². The van der Waals surface area contributed by atoms with E-state index >= 15 is 0 Å². The lowest BCUT2D eigenvalue weighted by atomic mass is 10.2. The molecule has 0 saturated carbocycles. The first-order chi connectivity index (χ1) is 11.4. The average molecular weight is 357 g/mol. The molecule has 1 atom stereocenters. The van der Waals surface area contributed by atoms with Crippen molar-refractivity contribution < 1.29 is 28.5 Å². The number of hydrogen-bond acceptors (Lipinski definition) is 5. The van der Waals surface area contributed by atoms with Crippen molar-refractivity contribution in [1.82, 2.24) is 5.32 Å². The van der Waals surface area contributed by atoms with Crippen molar-refractivity contribution in [3.8, 4) is 0 Å². The van der Waals surface area contributed by atoms with Gasteiger partial charge in [-0.3, -0.25) is 4.57 Å². The summed E-state index contributed by atoms with van der Waals surface area (Å²) in [5.74, 6) is -0.583. The van der Waals surface area contributed by atoms with Crippen LogP contribution in [0.4, 0.5) is 4.79 Å². The van der Waals surface area contributed by atoms with E-state index in [9.17, 15) is 19.0 Å². The second kappa shape index (κ2) is 10.8. The maximum Gasteiger partial charge on any atom is 0.410 e. The molecule has 2 N–H and O–H groups in total. The van der Waals surface area contributed by atoms with Crippen molar-refractivity contribution in [2.45, 2.75) is 26.2 Å². The Bertz CT molecular complexity index is 563. The monoisotopic (exact) mass is 357 g/mol. The Morgan fingerprint density at radius 3 is 2.46 bits per heavy atom. The van der Waals surface area contributed by atoms with Crippen molar-refractivity contribution in [3.05, 3.63) is 35.9 Å². The molecule has 24 heavy (non-hydrogen) atoms. The number of esters is 1. The number of benzene rings is 1. The van der Waals surface area contributed by atoms with Gasteiger partial charge in [-0.25, -0.2) is 9.59 Å². The third-order valence-electron chi connectivity index (χ3n) is 3.20. The van der Waals surface area contributed by atoms with E-state index in [1.807, 2.05) is 6.92 Å². The van der Waals surface area contributed by atoms with Crippen molar-refractivity contribution in [1.29, 1.82) is 0 Å². The third-order valence-corrected chi connectivity index (χ3v) is 5.23. The standard InChI is InChI=1S/C16H24NO6P/c1-2-3-11-24(20,21)12-7-10-17-16(19)23-13-22-15(18)14-8-5-4-6-9-14/h4-6,8-9H,2-3,7,10-13H2,1H3,(H,17,19)(H,20,21). The molecule has 1 aromatic carbocycles. The highest BCUT2D eigenvalue weighted by atomic mass is 31.2. The average Bonchev–Trinajstić information content (AvgIpc) is 2.57. The van der Waals surface area contributed by atoms with Gasteiger partial charge in [0.25, 0.3) is 0 Å². The Hall–Kier alpha value is -1.85. The fourth-order valence-electron chi connectivity index (χ4n) is 1.88. The molecule has 8 heteroatoms. The zero-order valence-electron chi connectivity index (χ0n) is 13.8. The zero-order valence-corrected chi connectivity index (χ0v) is 14.7. The van der Waals surface area contributed by atoms with Crippen LogP contribution in [-0.2, 0) is 14.0 Å². The van der Waals surface area contributed by atoms with E-state index in [-0.39, 0.29) is 12.7 Å². The van der Waals surface area contributed by atoms with Crippen LogP contribution in [0.2, 0.25) is 0 Å². The predicted molar refractivity (Wildman–Crippen MR) is 90.3 cm³/mol. The number of rotatable bonds is 10. The second-order valence-corrected chi connectivity index (χ2v) is 7.86.